The average Bonchev–Trinajstić information content (AvgIpc) is 2.74. The molecule has 1 heterocycles. The summed E-state index contributed by atoms with van der Waals surface area (Å²) in [7, 11) is 3.50. The molecule has 0 saturated heterocycles. The minimum atomic E-state index is 0.376. The van der Waals surface area contributed by atoms with E-state index in [-0.39, 0.29) is 0 Å². The maximum Gasteiger partial charge on any atom is 0.173 e. The van der Waals surface area contributed by atoms with Crippen LogP contribution < -0.4 is 4.74 Å². The van der Waals surface area contributed by atoms with Gasteiger partial charge in [0, 0.05) is 7.05 Å². The standard InChI is InChI=1S/C14H14BrN3O/c1-4-9-5-6-12(19-3)10(7-9)14-17-11(8-16)13(15)18(14)2/h5-7H,4H2,1-3H3. The van der Waals surface area contributed by atoms with Gasteiger partial charge >= 0.3 is 0 Å². The number of hydrogen-bond donors (Lipinski definition) is 0. The molecule has 0 aliphatic carbocycles. The normalized spacial score (nSPS) is 10.3. The second-order valence-corrected chi connectivity index (χ2v) is 4.88. The molecule has 0 unspecified atom stereocenters. The van der Waals surface area contributed by atoms with Gasteiger partial charge in [-0.05, 0) is 40.0 Å². The summed E-state index contributed by atoms with van der Waals surface area (Å²) in [5.41, 5.74) is 2.47. The molecule has 19 heavy (non-hydrogen) atoms. The monoisotopic (exact) mass is 319 g/mol. The number of halogens is 1. The Morgan fingerprint density at radius 1 is 1.47 bits per heavy atom. The van der Waals surface area contributed by atoms with E-state index in [1.807, 2.05) is 23.7 Å². The lowest BCUT2D eigenvalue weighted by Gasteiger charge is -2.10. The molecule has 5 heteroatoms. The molecule has 0 fully saturated rings. The van der Waals surface area contributed by atoms with Crippen LogP contribution in [0.2, 0.25) is 0 Å². The molecule has 1 aromatic carbocycles. The lowest BCUT2D eigenvalue weighted by atomic mass is 10.1. The van der Waals surface area contributed by atoms with Crippen LogP contribution in [-0.4, -0.2) is 16.7 Å². The van der Waals surface area contributed by atoms with E-state index in [0.29, 0.717) is 10.3 Å². The van der Waals surface area contributed by atoms with E-state index in [9.17, 15) is 0 Å². The molecule has 4 nitrogen and oxygen atoms in total. The Labute approximate surface area is 120 Å². The molecule has 0 aliphatic heterocycles. The highest BCUT2D eigenvalue weighted by Crippen LogP contribution is 2.32. The van der Waals surface area contributed by atoms with Crippen molar-refractivity contribution in [1.29, 1.82) is 5.26 Å². The molecule has 98 valence electrons. The first-order valence-corrected chi connectivity index (χ1v) is 6.71. The van der Waals surface area contributed by atoms with Gasteiger partial charge in [0.2, 0.25) is 0 Å². The average molecular weight is 320 g/mol. The quantitative estimate of drug-likeness (QED) is 0.872. The second-order valence-electron chi connectivity index (χ2n) is 4.13. The summed E-state index contributed by atoms with van der Waals surface area (Å²) in [6.07, 6.45) is 0.938. The molecule has 0 spiro atoms. The third-order valence-corrected chi connectivity index (χ3v) is 3.95. The molecule has 0 radical (unpaired) electrons. The van der Waals surface area contributed by atoms with Gasteiger partial charge in [0.15, 0.2) is 5.69 Å². The molecule has 1 aromatic heterocycles. The van der Waals surface area contributed by atoms with Crippen LogP contribution in [0.3, 0.4) is 0 Å². The number of benzene rings is 1. The first kappa shape index (κ1) is 13.6. The summed E-state index contributed by atoms with van der Waals surface area (Å²) in [5.74, 6) is 1.47. The van der Waals surface area contributed by atoms with Crippen molar-refractivity contribution < 1.29 is 4.74 Å². The van der Waals surface area contributed by atoms with E-state index in [1.165, 1.54) is 5.56 Å². The lowest BCUT2D eigenvalue weighted by molar-refractivity contribution is 0.416. The molecule has 0 saturated carbocycles. The topological polar surface area (TPSA) is 50.8 Å². The first-order chi connectivity index (χ1) is 9.12. The molecular formula is C14H14BrN3O. The van der Waals surface area contributed by atoms with Gasteiger partial charge in [0.25, 0.3) is 0 Å². The van der Waals surface area contributed by atoms with Crippen LogP contribution in [0.15, 0.2) is 22.8 Å². The second kappa shape index (κ2) is 5.45. The van der Waals surface area contributed by atoms with Crippen LogP contribution in [-0.2, 0) is 13.5 Å². The van der Waals surface area contributed by atoms with Crippen molar-refractivity contribution in [3.63, 3.8) is 0 Å². The highest BCUT2D eigenvalue weighted by Gasteiger charge is 2.17. The van der Waals surface area contributed by atoms with E-state index >= 15 is 0 Å². The van der Waals surface area contributed by atoms with Crippen LogP contribution in [0, 0.1) is 11.3 Å². The predicted molar refractivity (Wildman–Crippen MR) is 77.0 cm³/mol. The minimum Gasteiger partial charge on any atom is -0.496 e. The van der Waals surface area contributed by atoms with E-state index in [0.717, 1.165) is 23.6 Å². The molecular weight excluding hydrogens is 306 g/mol. The third kappa shape index (κ3) is 2.36. The Bertz CT molecular complexity index is 655. The number of nitriles is 1. The Morgan fingerprint density at radius 2 is 2.21 bits per heavy atom. The Morgan fingerprint density at radius 3 is 2.74 bits per heavy atom. The van der Waals surface area contributed by atoms with Crippen molar-refractivity contribution in [2.24, 2.45) is 7.05 Å². The number of rotatable bonds is 3. The zero-order chi connectivity index (χ0) is 14.0. The fraction of sp³-hybridized carbons (Fsp3) is 0.286. The number of ether oxygens (including phenoxy) is 1. The van der Waals surface area contributed by atoms with Crippen LogP contribution in [0.5, 0.6) is 5.75 Å². The van der Waals surface area contributed by atoms with Crippen LogP contribution in [0.4, 0.5) is 0 Å². The first-order valence-electron chi connectivity index (χ1n) is 5.92. The molecule has 2 rings (SSSR count). The Hall–Kier alpha value is -1.80. The van der Waals surface area contributed by atoms with E-state index in [1.54, 1.807) is 7.11 Å². The highest BCUT2D eigenvalue weighted by molar-refractivity contribution is 9.10. The zero-order valence-corrected chi connectivity index (χ0v) is 12.7. The Balaban J connectivity index is 2.67. The highest BCUT2D eigenvalue weighted by atomic mass is 79.9. The number of nitrogens with zero attached hydrogens (tertiary/aromatic N) is 3. The van der Waals surface area contributed by atoms with Gasteiger partial charge in [-0.3, -0.25) is 0 Å². The fourth-order valence-corrected chi connectivity index (χ4v) is 2.29. The summed E-state index contributed by atoms with van der Waals surface area (Å²) in [6.45, 7) is 2.10. The van der Waals surface area contributed by atoms with Crippen molar-refractivity contribution in [3.8, 4) is 23.2 Å². The smallest absolute Gasteiger partial charge is 0.173 e. The van der Waals surface area contributed by atoms with Gasteiger partial charge < -0.3 is 9.30 Å². The fourth-order valence-electron chi connectivity index (χ4n) is 1.94. The summed E-state index contributed by atoms with van der Waals surface area (Å²) >= 11 is 3.38. The van der Waals surface area contributed by atoms with Crippen molar-refractivity contribution in [3.05, 3.63) is 34.1 Å². The molecule has 0 aliphatic rings. The van der Waals surface area contributed by atoms with Crippen LogP contribution >= 0.6 is 15.9 Å². The van der Waals surface area contributed by atoms with E-state index < -0.39 is 0 Å². The van der Waals surface area contributed by atoms with Gasteiger partial charge in [-0.2, -0.15) is 5.26 Å². The van der Waals surface area contributed by atoms with Crippen molar-refractivity contribution in [2.45, 2.75) is 13.3 Å². The van der Waals surface area contributed by atoms with E-state index in [2.05, 4.69) is 40.0 Å². The minimum absolute atomic E-state index is 0.376. The molecule has 0 atom stereocenters. The lowest BCUT2D eigenvalue weighted by Crippen LogP contribution is -1.97. The van der Waals surface area contributed by atoms with Crippen LogP contribution in [0.1, 0.15) is 18.2 Å². The SMILES string of the molecule is CCc1ccc(OC)c(-c2nc(C#N)c(Br)n2C)c1. The van der Waals surface area contributed by atoms with E-state index in [4.69, 9.17) is 10.00 Å². The number of imidazole rings is 1. The number of hydrogen-bond acceptors (Lipinski definition) is 3. The summed E-state index contributed by atoms with van der Waals surface area (Å²) in [5, 5.41) is 9.04. The maximum atomic E-state index is 9.04. The Kier molecular flexibility index (Phi) is 3.91. The molecule has 0 N–H and O–H groups in total. The van der Waals surface area contributed by atoms with Crippen molar-refractivity contribution in [2.75, 3.05) is 7.11 Å². The molecule has 0 amide bonds. The molecule has 0 bridgehead atoms. The van der Waals surface area contributed by atoms with Gasteiger partial charge in [0.1, 0.15) is 22.2 Å². The number of methoxy groups -OCH3 is 1. The molecule has 2 aromatic rings. The van der Waals surface area contributed by atoms with Crippen LogP contribution in [0.25, 0.3) is 11.4 Å². The third-order valence-electron chi connectivity index (χ3n) is 3.04. The summed E-state index contributed by atoms with van der Waals surface area (Å²) in [6, 6.07) is 8.09. The van der Waals surface area contributed by atoms with Gasteiger partial charge in [0.05, 0.1) is 12.7 Å². The number of aromatic nitrogens is 2. The summed E-state index contributed by atoms with van der Waals surface area (Å²) < 4.78 is 7.90. The van der Waals surface area contributed by atoms with Crippen molar-refractivity contribution in [1.82, 2.24) is 9.55 Å². The summed E-state index contributed by atoms with van der Waals surface area (Å²) in [4.78, 5) is 4.36. The van der Waals surface area contributed by atoms with Gasteiger partial charge in [-0.15, -0.1) is 0 Å². The largest absolute Gasteiger partial charge is 0.496 e. The zero-order valence-electron chi connectivity index (χ0n) is 11.1. The van der Waals surface area contributed by atoms with Gasteiger partial charge in [-0.1, -0.05) is 13.0 Å². The predicted octanol–water partition coefficient (Wildman–Crippen LogP) is 3.29. The van der Waals surface area contributed by atoms with Crippen molar-refractivity contribution >= 4 is 15.9 Å². The van der Waals surface area contributed by atoms with Gasteiger partial charge in [-0.25, -0.2) is 4.98 Å². The number of aryl methyl sites for hydroxylation is 1. The maximum absolute atomic E-state index is 9.04.